The van der Waals surface area contributed by atoms with Crippen molar-refractivity contribution in [1.82, 2.24) is 9.97 Å². The van der Waals surface area contributed by atoms with E-state index in [9.17, 15) is 8.78 Å². The molecular formula is C35H47F2N5. The van der Waals surface area contributed by atoms with Gasteiger partial charge in [-0.05, 0) is 86.1 Å². The molecule has 226 valence electrons. The molecule has 2 heterocycles. The van der Waals surface area contributed by atoms with E-state index in [0.717, 1.165) is 54.3 Å². The summed E-state index contributed by atoms with van der Waals surface area (Å²) in [6.45, 7) is 18.9. The highest BCUT2D eigenvalue weighted by Gasteiger charge is 2.30. The number of hydrogen-bond acceptors (Lipinski definition) is 3. The Balaban J connectivity index is 2.21. The molecule has 3 aromatic rings. The van der Waals surface area contributed by atoms with Crippen LogP contribution < -0.4 is 5.73 Å². The van der Waals surface area contributed by atoms with Crippen LogP contribution in [0.25, 0.3) is 11.3 Å². The van der Waals surface area contributed by atoms with Gasteiger partial charge in [-0.15, -0.1) is 0 Å². The Morgan fingerprint density at radius 1 is 0.857 bits per heavy atom. The highest BCUT2D eigenvalue weighted by Crippen LogP contribution is 2.37. The lowest BCUT2D eigenvalue weighted by Crippen LogP contribution is -2.28. The number of halogens is 2. The molecule has 42 heavy (non-hydrogen) atoms. The van der Waals surface area contributed by atoms with Crippen LogP contribution in [-0.4, -0.2) is 22.1 Å². The summed E-state index contributed by atoms with van der Waals surface area (Å²) < 4.78 is 28.7. The number of amidine groups is 1. The van der Waals surface area contributed by atoms with Crippen molar-refractivity contribution in [3.05, 3.63) is 76.6 Å². The van der Waals surface area contributed by atoms with Gasteiger partial charge in [0.25, 0.3) is 0 Å². The topological polar surface area (TPSA) is 76.5 Å². The molecule has 0 fully saturated rings. The molecule has 0 bridgehead atoms. The molecule has 0 aliphatic rings. The maximum atomic E-state index is 15.0. The first-order valence-electron chi connectivity index (χ1n) is 15.0. The van der Waals surface area contributed by atoms with Crippen molar-refractivity contribution in [1.29, 1.82) is 0 Å². The maximum absolute atomic E-state index is 15.0. The van der Waals surface area contributed by atoms with Crippen LogP contribution in [0.3, 0.4) is 0 Å². The van der Waals surface area contributed by atoms with Gasteiger partial charge < -0.3 is 5.73 Å². The number of benzene rings is 1. The van der Waals surface area contributed by atoms with Crippen molar-refractivity contribution in [3.8, 4) is 11.3 Å². The summed E-state index contributed by atoms with van der Waals surface area (Å²) >= 11 is 0. The van der Waals surface area contributed by atoms with E-state index in [1.165, 1.54) is 18.5 Å². The number of rotatable bonds is 11. The zero-order chi connectivity index (χ0) is 31.2. The minimum atomic E-state index is -0.646. The zero-order valence-corrected chi connectivity index (χ0v) is 26.7. The zero-order valence-electron chi connectivity index (χ0n) is 26.7. The van der Waals surface area contributed by atoms with Gasteiger partial charge in [0, 0.05) is 22.5 Å². The molecule has 0 spiro atoms. The van der Waals surface area contributed by atoms with E-state index in [1.807, 2.05) is 32.9 Å². The van der Waals surface area contributed by atoms with Gasteiger partial charge in [-0.1, -0.05) is 61.3 Å². The molecule has 2 N–H and O–H groups in total. The third kappa shape index (κ3) is 8.08. The van der Waals surface area contributed by atoms with Crippen LogP contribution in [0.1, 0.15) is 122 Å². The summed E-state index contributed by atoms with van der Waals surface area (Å²) in [7, 11) is 0. The van der Waals surface area contributed by atoms with E-state index >= 15 is 0 Å². The number of nitrogens with two attached hydrogens (primary N) is 1. The molecule has 2 unspecified atom stereocenters. The maximum Gasteiger partial charge on any atom is 0.154 e. The summed E-state index contributed by atoms with van der Waals surface area (Å²) in [5, 5.41) is 0. The molecule has 5 nitrogen and oxygen atoms in total. The smallest absolute Gasteiger partial charge is 0.154 e. The van der Waals surface area contributed by atoms with Crippen molar-refractivity contribution < 1.29 is 8.78 Å². The van der Waals surface area contributed by atoms with Gasteiger partial charge in [-0.2, -0.15) is 0 Å². The molecule has 0 saturated carbocycles. The number of aliphatic imine (C=N–C) groups is 2. The molecular weight excluding hydrogens is 528 g/mol. The lowest BCUT2D eigenvalue weighted by atomic mass is 9.81. The van der Waals surface area contributed by atoms with E-state index < -0.39 is 17.0 Å². The van der Waals surface area contributed by atoms with Gasteiger partial charge >= 0.3 is 0 Å². The average molecular weight is 576 g/mol. The third-order valence-corrected chi connectivity index (χ3v) is 7.91. The van der Waals surface area contributed by atoms with Crippen LogP contribution in [0.5, 0.6) is 0 Å². The fraction of sp³-hybridized carbons (Fsp3) is 0.486. The van der Waals surface area contributed by atoms with Gasteiger partial charge in [-0.3, -0.25) is 4.98 Å². The van der Waals surface area contributed by atoms with Gasteiger partial charge in [0.15, 0.2) is 5.82 Å². The average Bonchev–Trinajstić information content (AvgIpc) is 2.92. The van der Waals surface area contributed by atoms with E-state index in [-0.39, 0.29) is 16.9 Å². The van der Waals surface area contributed by atoms with Crippen molar-refractivity contribution in [2.75, 3.05) is 0 Å². The molecule has 7 heteroatoms. The normalized spacial score (nSPS) is 14.4. The summed E-state index contributed by atoms with van der Waals surface area (Å²) in [5.41, 5.74) is 9.75. The molecule has 2 atom stereocenters. The van der Waals surface area contributed by atoms with Crippen molar-refractivity contribution in [3.63, 3.8) is 0 Å². The first kappa shape index (κ1) is 33.0. The second-order valence-electron chi connectivity index (χ2n) is 13.0. The van der Waals surface area contributed by atoms with Gasteiger partial charge in [0.05, 0.1) is 17.1 Å². The second kappa shape index (κ2) is 13.7. The molecule has 0 amide bonds. The molecule has 0 saturated heterocycles. The van der Waals surface area contributed by atoms with Crippen LogP contribution in [-0.2, 0) is 5.41 Å². The molecule has 1 aromatic carbocycles. The van der Waals surface area contributed by atoms with E-state index in [1.54, 1.807) is 0 Å². The van der Waals surface area contributed by atoms with Crippen LogP contribution in [0.2, 0.25) is 0 Å². The Morgan fingerprint density at radius 2 is 1.43 bits per heavy atom. The van der Waals surface area contributed by atoms with Crippen molar-refractivity contribution >= 4 is 18.0 Å². The van der Waals surface area contributed by atoms with Crippen LogP contribution in [0.15, 0.2) is 52.4 Å². The van der Waals surface area contributed by atoms with Crippen molar-refractivity contribution in [2.24, 2.45) is 21.1 Å². The second-order valence-corrected chi connectivity index (χ2v) is 13.0. The van der Waals surface area contributed by atoms with Gasteiger partial charge in [0.2, 0.25) is 0 Å². The monoisotopic (exact) mass is 575 g/mol. The molecule has 3 rings (SSSR count). The first-order valence-corrected chi connectivity index (χ1v) is 15.0. The Kier molecular flexibility index (Phi) is 10.7. The Morgan fingerprint density at radius 3 is 1.98 bits per heavy atom. The Labute approximate surface area is 250 Å². The highest BCUT2D eigenvalue weighted by atomic mass is 19.1. The van der Waals surface area contributed by atoms with E-state index in [2.05, 4.69) is 63.7 Å². The number of nitrogens with zero attached hydrogens (tertiary/aromatic N) is 4. The quantitative estimate of drug-likeness (QED) is 0.183. The summed E-state index contributed by atoms with van der Waals surface area (Å²) in [6.07, 6.45) is 5.55. The van der Waals surface area contributed by atoms with Gasteiger partial charge in [0.1, 0.15) is 23.8 Å². The highest BCUT2D eigenvalue weighted by molar-refractivity contribution is 5.91. The first-order chi connectivity index (χ1) is 19.7. The van der Waals surface area contributed by atoms with Gasteiger partial charge in [-0.25, -0.2) is 23.7 Å². The summed E-state index contributed by atoms with van der Waals surface area (Å²) in [4.78, 5) is 18.8. The molecule has 2 aromatic heterocycles. The minimum Gasteiger partial charge on any atom is -0.387 e. The number of pyridine rings is 2. The largest absolute Gasteiger partial charge is 0.387 e. The van der Waals surface area contributed by atoms with E-state index in [4.69, 9.17) is 15.7 Å². The Bertz CT molecular complexity index is 1440. The van der Waals surface area contributed by atoms with Crippen LogP contribution >= 0.6 is 0 Å². The fourth-order valence-electron chi connectivity index (χ4n) is 4.87. The number of aromatic nitrogens is 2. The standard InChI is InChI=1S/C35H47F2N5/c1-10-12-22(3)24-16-29(27-15-14-26(36)20-28(27)37)41-30(17-24)35(8,9)31-18-25(23(4)13-11-2)19-32(42-31)39-21-40-33(38)34(5,6)7/h14-23H,10-13H2,1-9H3,(H2,38,39,40,42). The van der Waals surface area contributed by atoms with Crippen molar-refractivity contribution in [2.45, 2.75) is 105 Å². The minimum absolute atomic E-state index is 0.241. The molecule has 0 aliphatic carbocycles. The fourth-order valence-corrected chi connectivity index (χ4v) is 4.87. The lowest BCUT2D eigenvalue weighted by molar-refractivity contribution is 0.579. The predicted molar refractivity (Wildman–Crippen MR) is 172 cm³/mol. The van der Waals surface area contributed by atoms with Crippen LogP contribution in [0.4, 0.5) is 14.6 Å². The summed E-state index contributed by atoms with van der Waals surface area (Å²) in [6, 6.07) is 11.8. The number of hydrogen-bond donors (Lipinski definition) is 1. The van der Waals surface area contributed by atoms with Crippen LogP contribution in [0, 0.1) is 17.0 Å². The summed E-state index contributed by atoms with van der Waals surface area (Å²) in [5.74, 6) is 0.333. The molecule has 0 aliphatic heterocycles. The predicted octanol–water partition coefficient (Wildman–Crippen LogP) is 9.62. The Hall–Kier alpha value is -3.48. The lowest BCUT2D eigenvalue weighted by Gasteiger charge is -2.27. The SMILES string of the molecule is CCCC(C)c1cc(N=CN=C(N)C(C)(C)C)nc(C(C)(C)c2cc(C(C)CCC)cc(-c3ccc(F)cc3F)n2)c1. The van der Waals surface area contributed by atoms with E-state index in [0.29, 0.717) is 23.3 Å². The third-order valence-electron chi connectivity index (χ3n) is 7.91. The molecule has 0 radical (unpaired) electrons.